The van der Waals surface area contributed by atoms with Crippen LogP contribution in [0.4, 0.5) is 4.79 Å². The molecule has 1 aromatic rings. The first-order valence-corrected chi connectivity index (χ1v) is 9.79. The van der Waals surface area contributed by atoms with Crippen molar-refractivity contribution in [3.05, 3.63) is 17.5 Å². The number of nitrogens with one attached hydrogen (secondary N) is 1. The van der Waals surface area contributed by atoms with Crippen molar-refractivity contribution >= 4 is 11.9 Å². The summed E-state index contributed by atoms with van der Waals surface area (Å²) in [5.41, 5.74) is 5.76. The maximum absolute atomic E-state index is 13.0. The third kappa shape index (κ3) is 2.90. The lowest BCUT2D eigenvalue weighted by atomic mass is 9.52. The zero-order chi connectivity index (χ0) is 19.4. The van der Waals surface area contributed by atoms with Gasteiger partial charge in [0.2, 0.25) is 0 Å². The van der Waals surface area contributed by atoms with E-state index in [9.17, 15) is 14.7 Å². The molecule has 27 heavy (non-hydrogen) atoms. The summed E-state index contributed by atoms with van der Waals surface area (Å²) in [5, 5.41) is 18.2. The van der Waals surface area contributed by atoms with Gasteiger partial charge in [0, 0.05) is 12.1 Å². The van der Waals surface area contributed by atoms with Crippen LogP contribution in [0.1, 0.15) is 68.4 Å². The maximum atomic E-state index is 13.0. The fraction of sp³-hybridized carbons (Fsp3) is 0.737. The van der Waals surface area contributed by atoms with Crippen molar-refractivity contribution < 1.29 is 14.7 Å². The van der Waals surface area contributed by atoms with Crippen LogP contribution >= 0.6 is 0 Å². The van der Waals surface area contributed by atoms with Crippen molar-refractivity contribution in [3.8, 4) is 0 Å². The minimum absolute atomic E-state index is 0.0294. The lowest BCUT2D eigenvalue weighted by Gasteiger charge is -2.58. The van der Waals surface area contributed by atoms with Crippen LogP contribution in [0.3, 0.4) is 0 Å². The van der Waals surface area contributed by atoms with Crippen LogP contribution in [0.2, 0.25) is 0 Å². The highest BCUT2D eigenvalue weighted by Gasteiger charge is 2.55. The molecule has 8 nitrogen and oxygen atoms in total. The molecule has 0 saturated heterocycles. The van der Waals surface area contributed by atoms with E-state index < -0.39 is 11.6 Å². The minimum Gasteiger partial charge on any atom is -0.390 e. The Labute approximate surface area is 159 Å². The van der Waals surface area contributed by atoms with E-state index in [-0.39, 0.29) is 16.9 Å². The van der Waals surface area contributed by atoms with Gasteiger partial charge < -0.3 is 21.1 Å². The summed E-state index contributed by atoms with van der Waals surface area (Å²) >= 11 is 0. The number of urea groups is 1. The second kappa shape index (κ2) is 5.95. The highest BCUT2D eigenvalue weighted by molar-refractivity contribution is 5.95. The molecule has 1 aromatic heterocycles. The molecule has 4 N–H and O–H groups in total. The Hall–Kier alpha value is -2.09. The second-order valence-corrected chi connectivity index (χ2v) is 9.06. The van der Waals surface area contributed by atoms with Crippen LogP contribution in [-0.4, -0.2) is 49.4 Å². The third-order valence-corrected chi connectivity index (χ3v) is 7.35. The number of aliphatic hydroxyl groups is 1. The zero-order valence-corrected chi connectivity index (χ0v) is 16.1. The summed E-state index contributed by atoms with van der Waals surface area (Å²) in [6.07, 6.45) is 7.05. The standard InChI is InChI=1S/C19H29N5O3/c1-17(2,27)18-3-6-19(7-4-18,8-5-18)22-15(25)13-11-21-24-10-9-23(16(20)26)12-14(13)24/h11,27H,3-10,12H2,1-2H3,(H2,20,26)(H,22,25). The van der Waals surface area contributed by atoms with Gasteiger partial charge in [-0.3, -0.25) is 9.48 Å². The van der Waals surface area contributed by atoms with E-state index in [4.69, 9.17) is 5.73 Å². The molecule has 1 aliphatic heterocycles. The van der Waals surface area contributed by atoms with E-state index in [1.807, 2.05) is 13.8 Å². The number of carbonyl (C=O) groups excluding carboxylic acids is 2. The quantitative estimate of drug-likeness (QED) is 0.740. The van der Waals surface area contributed by atoms with Crippen molar-refractivity contribution in [1.29, 1.82) is 0 Å². The van der Waals surface area contributed by atoms with Gasteiger partial charge in [0.25, 0.3) is 5.91 Å². The van der Waals surface area contributed by atoms with Gasteiger partial charge in [0.1, 0.15) is 0 Å². The lowest BCUT2D eigenvalue weighted by molar-refractivity contribution is -0.121. The summed E-state index contributed by atoms with van der Waals surface area (Å²) in [7, 11) is 0. The monoisotopic (exact) mass is 375 g/mol. The fourth-order valence-electron chi connectivity index (χ4n) is 5.22. The number of nitrogens with two attached hydrogens (primary N) is 1. The van der Waals surface area contributed by atoms with E-state index in [1.165, 1.54) is 4.90 Å². The molecule has 0 aromatic carbocycles. The number of hydrogen-bond donors (Lipinski definition) is 3. The number of rotatable bonds is 3. The molecule has 0 unspecified atom stereocenters. The third-order valence-electron chi connectivity index (χ3n) is 7.35. The van der Waals surface area contributed by atoms with Gasteiger partial charge in [-0.25, -0.2) is 4.79 Å². The van der Waals surface area contributed by atoms with Crippen molar-refractivity contribution in [2.24, 2.45) is 11.1 Å². The Kier molecular flexibility index (Phi) is 4.03. The Bertz CT molecular complexity index is 754. The Morgan fingerprint density at radius 2 is 1.81 bits per heavy atom. The Morgan fingerprint density at radius 1 is 1.19 bits per heavy atom. The van der Waals surface area contributed by atoms with E-state index in [2.05, 4.69) is 10.4 Å². The van der Waals surface area contributed by atoms with Crippen LogP contribution in [0, 0.1) is 5.41 Å². The molecule has 0 atom stereocenters. The van der Waals surface area contributed by atoms with Crippen LogP contribution < -0.4 is 11.1 Å². The Balaban J connectivity index is 1.49. The van der Waals surface area contributed by atoms with Gasteiger partial charge in [0.15, 0.2) is 0 Å². The van der Waals surface area contributed by atoms with Crippen molar-refractivity contribution in [1.82, 2.24) is 20.0 Å². The van der Waals surface area contributed by atoms with Gasteiger partial charge in [0.05, 0.1) is 36.1 Å². The Morgan fingerprint density at radius 3 is 2.37 bits per heavy atom. The van der Waals surface area contributed by atoms with Gasteiger partial charge in [-0.2, -0.15) is 5.10 Å². The van der Waals surface area contributed by atoms with E-state index in [1.54, 1.807) is 10.9 Å². The smallest absolute Gasteiger partial charge is 0.315 e. The molecule has 148 valence electrons. The maximum Gasteiger partial charge on any atom is 0.315 e. The van der Waals surface area contributed by atoms with Gasteiger partial charge in [-0.1, -0.05) is 0 Å². The number of hydrogen-bond acceptors (Lipinski definition) is 4. The molecule has 0 spiro atoms. The normalized spacial score (nSPS) is 30.1. The van der Waals surface area contributed by atoms with Crippen LogP contribution in [0.25, 0.3) is 0 Å². The molecule has 3 saturated carbocycles. The van der Waals surface area contributed by atoms with E-state index >= 15 is 0 Å². The molecule has 8 heteroatoms. The fourth-order valence-corrected chi connectivity index (χ4v) is 5.22. The largest absolute Gasteiger partial charge is 0.390 e. The van der Waals surface area contributed by atoms with Crippen LogP contribution in [0.15, 0.2) is 6.20 Å². The number of amides is 3. The number of fused-ring (bicyclic) bond motifs is 4. The topological polar surface area (TPSA) is 113 Å². The molecule has 2 heterocycles. The summed E-state index contributed by atoms with van der Waals surface area (Å²) in [5.74, 6) is -0.125. The number of aromatic nitrogens is 2. The highest BCUT2D eigenvalue weighted by Crippen LogP contribution is 2.57. The van der Waals surface area contributed by atoms with E-state index in [0.29, 0.717) is 25.2 Å². The van der Waals surface area contributed by atoms with Gasteiger partial charge in [-0.15, -0.1) is 0 Å². The first kappa shape index (κ1) is 18.3. The van der Waals surface area contributed by atoms with Gasteiger partial charge >= 0.3 is 6.03 Å². The van der Waals surface area contributed by atoms with Crippen molar-refractivity contribution in [2.75, 3.05) is 6.54 Å². The zero-order valence-electron chi connectivity index (χ0n) is 16.1. The summed E-state index contributed by atoms with van der Waals surface area (Å²) in [6, 6.07) is -0.477. The number of primary amides is 1. The summed E-state index contributed by atoms with van der Waals surface area (Å²) in [4.78, 5) is 26.1. The van der Waals surface area contributed by atoms with Crippen molar-refractivity contribution in [3.63, 3.8) is 0 Å². The highest BCUT2D eigenvalue weighted by atomic mass is 16.3. The molecule has 4 aliphatic rings. The predicted molar refractivity (Wildman–Crippen MR) is 98.9 cm³/mol. The lowest BCUT2D eigenvalue weighted by Crippen LogP contribution is -2.61. The minimum atomic E-state index is -0.687. The number of nitrogens with zero attached hydrogens (tertiary/aromatic N) is 3. The molecule has 2 bridgehead atoms. The molecule has 3 amide bonds. The first-order valence-electron chi connectivity index (χ1n) is 9.79. The average Bonchev–Trinajstić information content (AvgIpc) is 3.05. The average molecular weight is 375 g/mol. The second-order valence-electron chi connectivity index (χ2n) is 9.06. The number of carbonyl (C=O) groups is 2. The first-order chi connectivity index (χ1) is 12.6. The summed E-state index contributed by atoms with van der Waals surface area (Å²) in [6.45, 7) is 5.19. The van der Waals surface area contributed by atoms with Crippen LogP contribution in [-0.2, 0) is 13.1 Å². The molecule has 5 rings (SSSR count). The predicted octanol–water partition coefficient (Wildman–Crippen LogP) is 1.37. The molecule has 3 aliphatic carbocycles. The van der Waals surface area contributed by atoms with Crippen molar-refractivity contribution in [2.45, 2.75) is 76.6 Å². The molecule has 0 radical (unpaired) electrons. The molecular weight excluding hydrogens is 346 g/mol. The molecular formula is C19H29N5O3. The SMILES string of the molecule is CC(C)(O)C12CCC(NC(=O)c3cnn4c3CN(C(N)=O)CC4)(CC1)CC2. The summed E-state index contributed by atoms with van der Waals surface area (Å²) < 4.78 is 1.78. The molecule has 3 fully saturated rings. The van der Waals surface area contributed by atoms with Crippen LogP contribution in [0.5, 0.6) is 0 Å². The van der Waals surface area contributed by atoms with Gasteiger partial charge in [-0.05, 0) is 57.8 Å². The van der Waals surface area contributed by atoms with E-state index in [0.717, 1.165) is 44.2 Å².